The van der Waals surface area contributed by atoms with Crippen molar-refractivity contribution >= 4 is 17.9 Å². The van der Waals surface area contributed by atoms with Gasteiger partial charge in [-0.3, -0.25) is 9.59 Å². The highest BCUT2D eigenvalue weighted by Gasteiger charge is 2.25. The predicted octanol–water partition coefficient (Wildman–Crippen LogP) is 11.7. The summed E-state index contributed by atoms with van der Waals surface area (Å²) in [5.41, 5.74) is 0. The summed E-state index contributed by atoms with van der Waals surface area (Å²) in [6.45, 7) is 4.84. The lowest BCUT2D eigenvalue weighted by atomic mass is 10.1. The van der Waals surface area contributed by atoms with Crippen LogP contribution in [0.2, 0.25) is 0 Å². The highest BCUT2D eigenvalue weighted by atomic mass is 16.7. The smallest absolute Gasteiger partial charge is 0.361 e. The van der Waals surface area contributed by atoms with E-state index in [4.69, 9.17) is 18.9 Å². The number of nitrogens with zero attached hydrogens (tertiary/aromatic N) is 1. The highest BCUT2D eigenvalue weighted by molar-refractivity contribution is 5.71. The van der Waals surface area contributed by atoms with Gasteiger partial charge in [0.2, 0.25) is 0 Å². The molecule has 0 aliphatic carbocycles. The fourth-order valence-electron chi connectivity index (χ4n) is 6.12. The minimum Gasteiger partial charge on any atom is -0.477 e. The van der Waals surface area contributed by atoms with Crippen LogP contribution in [0.3, 0.4) is 0 Å². The monoisotopic (exact) mass is 781 g/mol. The van der Waals surface area contributed by atoms with E-state index < -0.39 is 24.3 Å². The van der Waals surface area contributed by atoms with Crippen LogP contribution in [0, 0.1) is 0 Å². The number of rotatable bonds is 41. The molecule has 0 aliphatic heterocycles. The number of unbranched alkanes of at least 4 members (excludes halogenated alkanes) is 22. The number of carbonyl (C=O) groups excluding carboxylic acids is 2. The molecule has 9 nitrogen and oxygen atoms in total. The number of carboxylic acids is 1. The van der Waals surface area contributed by atoms with Crippen molar-refractivity contribution in [1.29, 1.82) is 0 Å². The average molecular weight is 781 g/mol. The van der Waals surface area contributed by atoms with Crippen LogP contribution in [0.25, 0.3) is 0 Å². The molecule has 2 unspecified atom stereocenters. The van der Waals surface area contributed by atoms with Crippen LogP contribution in [-0.4, -0.2) is 87.4 Å². The Hall–Kier alpha value is -2.23. The summed E-state index contributed by atoms with van der Waals surface area (Å²) < 4.78 is 22.7. The number of carboxylic acid groups (broad SMARTS) is 1. The Morgan fingerprint density at radius 3 is 1.35 bits per heavy atom. The molecule has 322 valence electrons. The second kappa shape index (κ2) is 38.6. The number of carbonyl (C=O) groups is 3. The second-order valence-electron chi connectivity index (χ2n) is 16.4. The van der Waals surface area contributed by atoms with E-state index in [1.165, 1.54) is 89.9 Å². The normalized spacial score (nSPS) is 13.1. The van der Waals surface area contributed by atoms with Crippen molar-refractivity contribution in [2.24, 2.45) is 0 Å². The maximum atomic E-state index is 12.7. The Bertz CT molecular complexity index is 960. The van der Waals surface area contributed by atoms with Gasteiger partial charge < -0.3 is 28.5 Å². The lowest BCUT2D eigenvalue weighted by molar-refractivity contribution is -0.870. The topological polar surface area (TPSA) is 108 Å². The largest absolute Gasteiger partial charge is 0.477 e. The molecule has 55 heavy (non-hydrogen) atoms. The lowest BCUT2D eigenvalue weighted by Crippen LogP contribution is -2.40. The molecule has 0 spiro atoms. The van der Waals surface area contributed by atoms with Crippen LogP contribution >= 0.6 is 0 Å². The number of aliphatic carboxylic acids is 1. The fraction of sp³-hybridized carbons (Fsp3) is 0.848. The maximum Gasteiger partial charge on any atom is 0.361 e. The SMILES string of the molecule is CCCCCCCC/C=C\CCCCCCCC(=O)OCC(COC(OCC[N+](C)(C)C)C(=O)O)OC(=O)CCCCCCC/C=C\CCCCCCCC. The van der Waals surface area contributed by atoms with Gasteiger partial charge in [-0.15, -0.1) is 0 Å². The summed E-state index contributed by atoms with van der Waals surface area (Å²) >= 11 is 0. The van der Waals surface area contributed by atoms with Gasteiger partial charge in [0.1, 0.15) is 13.2 Å². The predicted molar refractivity (Wildman–Crippen MR) is 226 cm³/mol. The quantitative estimate of drug-likeness (QED) is 0.0215. The Labute approximate surface area is 337 Å². The summed E-state index contributed by atoms with van der Waals surface area (Å²) in [5.74, 6) is -2.02. The van der Waals surface area contributed by atoms with E-state index in [1.54, 1.807) is 0 Å². The molecular formula is C46H86NO8+. The van der Waals surface area contributed by atoms with Gasteiger partial charge in [-0.05, 0) is 64.2 Å². The Balaban J connectivity index is 4.46. The number of esters is 2. The molecule has 0 heterocycles. The molecule has 0 saturated heterocycles. The van der Waals surface area contributed by atoms with Crippen molar-refractivity contribution in [3.63, 3.8) is 0 Å². The lowest BCUT2D eigenvalue weighted by Gasteiger charge is -2.25. The minimum atomic E-state index is -1.51. The van der Waals surface area contributed by atoms with E-state index in [0.717, 1.165) is 70.6 Å². The number of likely N-dealkylation sites (N-methyl/N-ethyl adjacent to an activating group) is 1. The second-order valence-corrected chi connectivity index (χ2v) is 16.4. The molecule has 0 rings (SSSR count). The van der Waals surface area contributed by atoms with Gasteiger partial charge in [-0.1, -0.05) is 141 Å². The highest BCUT2D eigenvalue weighted by Crippen LogP contribution is 2.13. The summed E-state index contributed by atoms with van der Waals surface area (Å²) in [7, 11) is 5.95. The molecule has 0 saturated carbocycles. The van der Waals surface area contributed by atoms with Crippen LogP contribution in [0.15, 0.2) is 24.3 Å². The first-order valence-corrected chi connectivity index (χ1v) is 22.5. The molecule has 0 aromatic rings. The summed E-state index contributed by atoms with van der Waals surface area (Å²) in [5, 5.41) is 9.63. The number of quaternary nitrogens is 1. The molecule has 0 aliphatic rings. The van der Waals surface area contributed by atoms with E-state index in [-0.39, 0.29) is 32.2 Å². The van der Waals surface area contributed by atoms with Gasteiger partial charge >= 0.3 is 17.9 Å². The molecule has 0 fully saturated rings. The number of hydrogen-bond acceptors (Lipinski definition) is 7. The first-order chi connectivity index (χ1) is 26.6. The van der Waals surface area contributed by atoms with Crippen molar-refractivity contribution < 1.29 is 42.9 Å². The van der Waals surface area contributed by atoms with E-state index in [0.29, 0.717) is 23.9 Å². The summed E-state index contributed by atoms with van der Waals surface area (Å²) in [6, 6.07) is 0. The van der Waals surface area contributed by atoms with Gasteiger partial charge in [0.15, 0.2) is 6.10 Å². The van der Waals surface area contributed by atoms with E-state index in [2.05, 4.69) is 38.2 Å². The van der Waals surface area contributed by atoms with Crippen molar-refractivity contribution in [1.82, 2.24) is 0 Å². The zero-order valence-electron chi connectivity index (χ0n) is 36.3. The third-order valence-corrected chi connectivity index (χ3v) is 9.68. The zero-order chi connectivity index (χ0) is 40.7. The standard InChI is InChI=1S/C46H85NO8/c1-6-8-10-12-14-16-18-20-22-24-26-28-30-32-34-36-43(48)53-40-42(41-54-46(45(50)51)52-39-38-47(3,4)5)55-44(49)37-35-33-31-29-27-25-23-21-19-17-15-13-11-9-7-2/h20-23,42,46H,6-19,24-41H2,1-5H3/p+1/b22-20-,23-21-. The summed E-state index contributed by atoms with van der Waals surface area (Å²) in [6.07, 6.45) is 38.0. The van der Waals surface area contributed by atoms with Crippen molar-refractivity contribution in [3.8, 4) is 0 Å². The third kappa shape index (κ3) is 39.8. The number of allylic oxidation sites excluding steroid dienone is 4. The van der Waals surface area contributed by atoms with Gasteiger partial charge in [0.05, 0.1) is 34.4 Å². The molecule has 0 amide bonds. The van der Waals surface area contributed by atoms with Crippen LogP contribution < -0.4 is 0 Å². The fourth-order valence-corrected chi connectivity index (χ4v) is 6.12. The zero-order valence-corrected chi connectivity index (χ0v) is 36.3. The first kappa shape index (κ1) is 52.8. The number of hydrogen-bond donors (Lipinski definition) is 1. The van der Waals surface area contributed by atoms with Crippen LogP contribution in [0.4, 0.5) is 0 Å². The summed E-state index contributed by atoms with van der Waals surface area (Å²) in [4.78, 5) is 37.1. The average Bonchev–Trinajstić information content (AvgIpc) is 3.14. The van der Waals surface area contributed by atoms with Gasteiger partial charge in [-0.25, -0.2) is 4.79 Å². The van der Waals surface area contributed by atoms with Gasteiger partial charge in [-0.2, -0.15) is 0 Å². The van der Waals surface area contributed by atoms with E-state index in [1.807, 2.05) is 21.1 Å². The minimum absolute atomic E-state index is 0.186. The molecular weight excluding hydrogens is 695 g/mol. The van der Waals surface area contributed by atoms with Crippen LogP contribution in [0.1, 0.15) is 194 Å². The van der Waals surface area contributed by atoms with E-state index in [9.17, 15) is 19.5 Å². The van der Waals surface area contributed by atoms with Crippen molar-refractivity contribution in [2.75, 3.05) is 47.5 Å². The molecule has 0 bridgehead atoms. The first-order valence-electron chi connectivity index (χ1n) is 22.5. The van der Waals surface area contributed by atoms with Crippen LogP contribution in [0.5, 0.6) is 0 Å². The molecule has 9 heteroatoms. The molecule has 1 N–H and O–H groups in total. The molecule has 0 aromatic carbocycles. The van der Waals surface area contributed by atoms with E-state index >= 15 is 0 Å². The van der Waals surface area contributed by atoms with Gasteiger partial charge in [0, 0.05) is 12.8 Å². The van der Waals surface area contributed by atoms with Crippen LogP contribution in [-0.2, 0) is 33.3 Å². The maximum absolute atomic E-state index is 12.7. The Kier molecular flexibility index (Phi) is 37.1. The Morgan fingerprint density at radius 2 is 0.927 bits per heavy atom. The molecule has 2 atom stereocenters. The number of ether oxygens (including phenoxy) is 4. The Morgan fingerprint density at radius 1 is 0.527 bits per heavy atom. The van der Waals surface area contributed by atoms with Crippen molar-refractivity contribution in [3.05, 3.63) is 24.3 Å². The van der Waals surface area contributed by atoms with Crippen molar-refractivity contribution in [2.45, 2.75) is 206 Å². The molecule has 0 aromatic heterocycles. The third-order valence-electron chi connectivity index (χ3n) is 9.68. The van der Waals surface area contributed by atoms with Gasteiger partial charge in [0.25, 0.3) is 6.29 Å². The molecule has 0 radical (unpaired) electrons.